The molecule has 2 aromatic heterocycles. The van der Waals surface area contributed by atoms with Crippen molar-refractivity contribution in [2.24, 2.45) is 5.92 Å². The summed E-state index contributed by atoms with van der Waals surface area (Å²) in [6.45, 7) is 2.45. The van der Waals surface area contributed by atoms with E-state index in [9.17, 15) is 13.8 Å². The molecule has 3 N–H and O–H groups in total. The number of amides is 2. The second-order valence-corrected chi connectivity index (χ2v) is 11.0. The van der Waals surface area contributed by atoms with Gasteiger partial charge in [-0.3, -0.25) is 13.8 Å². The van der Waals surface area contributed by atoms with E-state index in [0.29, 0.717) is 40.7 Å². The third-order valence-electron chi connectivity index (χ3n) is 5.92. The van der Waals surface area contributed by atoms with E-state index in [1.165, 1.54) is 17.5 Å². The van der Waals surface area contributed by atoms with Crippen molar-refractivity contribution in [3.05, 3.63) is 82.9 Å². The minimum atomic E-state index is -0.760. The Kier molecular flexibility index (Phi) is 6.61. The normalized spacial score (nSPS) is 16.9. The standard InChI is InChI=1S/C26H24N4O3S2/c1-16-6-2-4-8-21(16)29-24-22(30-26(32)20-13-34-23-9-5-3-7-19(20)23)10-18(12-27-24)25(31)28-11-17-14-35(33)15-17/h2-10,12-13,17H,11,14-15H2,1H3,(H,27,29)(H,28,31)(H,30,32). The van der Waals surface area contributed by atoms with Gasteiger partial charge in [0.25, 0.3) is 11.8 Å². The molecular weight excluding hydrogens is 480 g/mol. The van der Waals surface area contributed by atoms with Gasteiger partial charge in [-0.2, -0.15) is 0 Å². The predicted octanol–water partition coefficient (Wildman–Crippen LogP) is 4.71. The Morgan fingerprint density at radius 1 is 1.06 bits per heavy atom. The van der Waals surface area contributed by atoms with E-state index >= 15 is 0 Å². The largest absolute Gasteiger partial charge is 0.352 e. The number of nitrogens with one attached hydrogen (secondary N) is 3. The lowest BCUT2D eigenvalue weighted by Gasteiger charge is -2.24. The van der Waals surface area contributed by atoms with E-state index < -0.39 is 10.8 Å². The van der Waals surface area contributed by atoms with Crippen molar-refractivity contribution in [1.29, 1.82) is 0 Å². The van der Waals surface area contributed by atoms with Crippen LogP contribution in [0.3, 0.4) is 0 Å². The maximum absolute atomic E-state index is 13.2. The lowest BCUT2D eigenvalue weighted by atomic mass is 10.1. The number of fused-ring (bicyclic) bond motifs is 1. The van der Waals surface area contributed by atoms with Gasteiger partial charge >= 0.3 is 0 Å². The fourth-order valence-corrected chi connectivity index (χ4v) is 6.03. The Morgan fingerprint density at radius 3 is 2.63 bits per heavy atom. The van der Waals surface area contributed by atoms with Crippen molar-refractivity contribution in [1.82, 2.24) is 10.3 Å². The van der Waals surface area contributed by atoms with Crippen molar-refractivity contribution in [3.8, 4) is 0 Å². The lowest BCUT2D eigenvalue weighted by molar-refractivity contribution is 0.0947. The average molecular weight is 505 g/mol. The molecule has 0 spiro atoms. The Labute approximate surface area is 209 Å². The second-order valence-electron chi connectivity index (χ2n) is 8.51. The molecule has 35 heavy (non-hydrogen) atoms. The molecular formula is C26H24N4O3S2. The van der Waals surface area contributed by atoms with Gasteiger partial charge in [-0.15, -0.1) is 11.3 Å². The molecule has 7 nitrogen and oxygen atoms in total. The topological polar surface area (TPSA) is 100 Å². The molecule has 2 amide bonds. The van der Waals surface area contributed by atoms with Crippen molar-refractivity contribution in [2.75, 3.05) is 28.7 Å². The summed E-state index contributed by atoms with van der Waals surface area (Å²) in [5.74, 6) is 1.36. The number of carbonyl (C=O) groups excluding carboxylic acids is 2. The van der Waals surface area contributed by atoms with Crippen LogP contribution in [-0.2, 0) is 10.8 Å². The molecule has 0 unspecified atom stereocenters. The first-order chi connectivity index (χ1) is 17.0. The van der Waals surface area contributed by atoms with Crippen LogP contribution in [0.1, 0.15) is 26.3 Å². The van der Waals surface area contributed by atoms with Gasteiger partial charge in [-0.1, -0.05) is 36.4 Å². The molecule has 1 aliphatic rings. The number of aromatic nitrogens is 1. The molecule has 2 aromatic carbocycles. The molecule has 0 atom stereocenters. The number of benzene rings is 2. The Morgan fingerprint density at radius 2 is 1.83 bits per heavy atom. The van der Waals surface area contributed by atoms with Crippen LogP contribution in [0, 0.1) is 12.8 Å². The minimum absolute atomic E-state index is 0.237. The summed E-state index contributed by atoms with van der Waals surface area (Å²) in [5.41, 5.74) is 3.19. The van der Waals surface area contributed by atoms with Crippen LogP contribution in [0.5, 0.6) is 0 Å². The summed E-state index contributed by atoms with van der Waals surface area (Å²) in [5, 5.41) is 11.8. The fraction of sp³-hybridized carbons (Fsp3) is 0.192. The summed E-state index contributed by atoms with van der Waals surface area (Å²) in [6, 6.07) is 17.2. The number of nitrogens with zero attached hydrogens (tertiary/aromatic N) is 1. The Balaban J connectivity index is 1.42. The number of hydrogen-bond acceptors (Lipinski definition) is 6. The van der Waals surface area contributed by atoms with Crippen LogP contribution in [0.25, 0.3) is 10.1 Å². The fourth-order valence-electron chi connectivity index (χ4n) is 3.90. The average Bonchev–Trinajstić information content (AvgIpc) is 3.28. The monoisotopic (exact) mass is 504 g/mol. The SMILES string of the molecule is Cc1ccccc1Nc1ncc(C(=O)NCC2CS(=O)C2)cc1NC(=O)c1csc2ccccc12. The molecule has 1 aliphatic heterocycles. The van der Waals surface area contributed by atoms with Crippen LogP contribution in [-0.4, -0.2) is 39.1 Å². The van der Waals surface area contributed by atoms with Gasteiger partial charge in [0.05, 0.1) is 16.8 Å². The first-order valence-corrected chi connectivity index (χ1v) is 13.6. The maximum atomic E-state index is 13.2. The van der Waals surface area contributed by atoms with E-state index in [4.69, 9.17) is 0 Å². The molecule has 4 aromatic rings. The van der Waals surface area contributed by atoms with Crippen LogP contribution < -0.4 is 16.0 Å². The molecule has 0 saturated carbocycles. The molecule has 0 aliphatic carbocycles. The summed E-state index contributed by atoms with van der Waals surface area (Å²) in [7, 11) is -0.760. The number of anilines is 3. The summed E-state index contributed by atoms with van der Waals surface area (Å²) < 4.78 is 12.3. The minimum Gasteiger partial charge on any atom is -0.352 e. The van der Waals surface area contributed by atoms with E-state index in [2.05, 4.69) is 20.9 Å². The smallest absolute Gasteiger partial charge is 0.257 e. The van der Waals surface area contributed by atoms with E-state index in [0.717, 1.165) is 21.3 Å². The molecule has 3 heterocycles. The van der Waals surface area contributed by atoms with Crippen molar-refractivity contribution < 1.29 is 13.8 Å². The van der Waals surface area contributed by atoms with Crippen LogP contribution in [0.15, 0.2) is 66.2 Å². The van der Waals surface area contributed by atoms with Gasteiger partial charge in [0.1, 0.15) is 0 Å². The van der Waals surface area contributed by atoms with Gasteiger partial charge in [0.2, 0.25) is 0 Å². The quantitative estimate of drug-likeness (QED) is 0.339. The van der Waals surface area contributed by atoms with Gasteiger partial charge in [0.15, 0.2) is 5.82 Å². The van der Waals surface area contributed by atoms with E-state index in [1.54, 1.807) is 6.07 Å². The van der Waals surface area contributed by atoms with Crippen LogP contribution in [0.2, 0.25) is 0 Å². The first-order valence-electron chi connectivity index (χ1n) is 11.2. The predicted molar refractivity (Wildman–Crippen MR) is 142 cm³/mol. The van der Waals surface area contributed by atoms with Crippen LogP contribution >= 0.6 is 11.3 Å². The summed E-state index contributed by atoms with van der Waals surface area (Å²) >= 11 is 1.51. The molecule has 9 heteroatoms. The number of thiophene rings is 1. The molecule has 0 radical (unpaired) electrons. The number of para-hydroxylation sites is 1. The van der Waals surface area contributed by atoms with Crippen molar-refractivity contribution >= 4 is 61.2 Å². The van der Waals surface area contributed by atoms with Crippen molar-refractivity contribution in [2.45, 2.75) is 6.92 Å². The Bertz CT molecular complexity index is 1440. The first kappa shape index (κ1) is 23.2. The Hall–Kier alpha value is -3.56. The highest BCUT2D eigenvalue weighted by Crippen LogP contribution is 2.29. The molecule has 0 bridgehead atoms. The molecule has 1 saturated heterocycles. The summed E-state index contributed by atoms with van der Waals surface area (Å²) in [4.78, 5) is 30.5. The van der Waals surface area contributed by atoms with E-state index in [1.807, 2.05) is 60.8 Å². The zero-order chi connectivity index (χ0) is 24.4. The second kappa shape index (κ2) is 9.97. The highest BCUT2D eigenvalue weighted by Gasteiger charge is 2.26. The van der Waals surface area contributed by atoms with Gasteiger partial charge in [-0.05, 0) is 36.6 Å². The van der Waals surface area contributed by atoms with Gasteiger partial charge < -0.3 is 16.0 Å². The maximum Gasteiger partial charge on any atom is 0.257 e. The zero-order valence-corrected chi connectivity index (χ0v) is 20.7. The number of aryl methyl sites for hydroxylation is 1. The van der Waals surface area contributed by atoms with Gasteiger partial charge in [0, 0.05) is 56.2 Å². The lowest BCUT2D eigenvalue weighted by Crippen LogP contribution is -2.41. The zero-order valence-electron chi connectivity index (χ0n) is 19.0. The summed E-state index contributed by atoms with van der Waals surface area (Å²) in [6.07, 6.45) is 1.49. The highest BCUT2D eigenvalue weighted by molar-refractivity contribution is 7.86. The third kappa shape index (κ3) is 5.11. The molecule has 178 valence electrons. The molecule has 1 fully saturated rings. The molecule has 5 rings (SSSR count). The van der Waals surface area contributed by atoms with E-state index in [-0.39, 0.29) is 17.7 Å². The number of hydrogen-bond donors (Lipinski definition) is 3. The van der Waals surface area contributed by atoms with Crippen molar-refractivity contribution in [3.63, 3.8) is 0 Å². The highest BCUT2D eigenvalue weighted by atomic mass is 32.2. The number of pyridine rings is 1. The van der Waals surface area contributed by atoms with Crippen LogP contribution in [0.4, 0.5) is 17.2 Å². The number of carbonyl (C=O) groups is 2. The van der Waals surface area contributed by atoms with Gasteiger partial charge in [-0.25, -0.2) is 4.98 Å². The number of rotatable bonds is 7. The third-order valence-corrected chi connectivity index (χ3v) is 8.57.